The second kappa shape index (κ2) is 13.0. The molecule has 0 aliphatic heterocycles. The van der Waals surface area contributed by atoms with Gasteiger partial charge in [-0.15, -0.1) is 0 Å². The molecule has 4 fully saturated rings. The Hall–Kier alpha value is -6.92. The maximum Gasteiger partial charge on any atom is 0.142 e. The van der Waals surface area contributed by atoms with Crippen LogP contribution in [0.3, 0.4) is 0 Å². The second-order valence-electron chi connectivity index (χ2n) is 17.6. The average Bonchev–Trinajstić information content (AvgIpc) is 3.82. The third kappa shape index (κ3) is 4.94. The first-order chi connectivity index (χ1) is 29.7. The number of aromatic nitrogens is 6. The van der Waals surface area contributed by atoms with Crippen molar-refractivity contribution < 1.29 is 0 Å². The predicted octanol–water partition coefficient (Wildman–Crippen LogP) is 12.5. The van der Waals surface area contributed by atoms with Crippen LogP contribution < -0.4 is 0 Å². The maximum atomic E-state index is 5.32. The van der Waals surface area contributed by atoms with Gasteiger partial charge in [-0.05, 0) is 128 Å². The van der Waals surface area contributed by atoms with E-state index in [1.165, 1.54) is 75.7 Å². The van der Waals surface area contributed by atoms with E-state index in [9.17, 15) is 0 Å². The standard InChI is InChI=1S/C54H42N6/c1-3-11-42(12-4-1)59-48-17-9-7-15-44(48)46-28-36(19-21-50(46)59)38-30-55-52(56-31-38)54(40-24-34-23-35(26-40)27-41(54)25-34)53-57-32-39(33-58-53)37-20-22-51-47(29-37)45-16-8-10-18-49(45)60(51)43-13-5-2-6-14-43/h1-22,28-35,40-41H,23-27H2. The number of benzene rings is 6. The van der Waals surface area contributed by atoms with Gasteiger partial charge in [0.15, 0.2) is 0 Å². The molecule has 4 aromatic heterocycles. The van der Waals surface area contributed by atoms with Crippen molar-refractivity contribution in [1.29, 1.82) is 0 Å². The third-order valence-electron chi connectivity index (χ3n) is 14.5. The smallest absolute Gasteiger partial charge is 0.142 e. The Balaban J connectivity index is 0.889. The van der Waals surface area contributed by atoms with Gasteiger partial charge in [0.25, 0.3) is 0 Å². The number of fused-ring (bicyclic) bond motifs is 6. The lowest BCUT2D eigenvalue weighted by atomic mass is 9.44. The minimum absolute atomic E-state index is 0.398. The van der Waals surface area contributed by atoms with Crippen LogP contribution in [0.2, 0.25) is 0 Å². The number of hydrogen-bond donors (Lipinski definition) is 0. The fourth-order valence-electron chi connectivity index (χ4n) is 12.2. The summed E-state index contributed by atoms with van der Waals surface area (Å²) in [7, 11) is 0. The van der Waals surface area contributed by atoms with Crippen molar-refractivity contribution in [2.75, 3.05) is 0 Å². The Kier molecular flexibility index (Phi) is 7.39. The van der Waals surface area contributed by atoms with E-state index in [0.29, 0.717) is 11.8 Å². The van der Waals surface area contributed by atoms with Gasteiger partial charge in [0.2, 0.25) is 0 Å². The first kappa shape index (κ1) is 34.0. The van der Waals surface area contributed by atoms with E-state index in [4.69, 9.17) is 19.9 Å². The Morgan fingerprint density at radius 3 is 1.18 bits per heavy atom. The van der Waals surface area contributed by atoms with Crippen molar-refractivity contribution in [2.24, 2.45) is 23.7 Å². The van der Waals surface area contributed by atoms with Gasteiger partial charge in [0.05, 0.1) is 27.5 Å². The molecular weight excluding hydrogens is 733 g/mol. The van der Waals surface area contributed by atoms with Crippen LogP contribution in [-0.4, -0.2) is 29.1 Å². The molecule has 0 spiro atoms. The highest BCUT2D eigenvalue weighted by atomic mass is 15.0. The summed E-state index contributed by atoms with van der Waals surface area (Å²) in [4.78, 5) is 21.3. The van der Waals surface area contributed by atoms with Gasteiger partial charge in [-0.3, -0.25) is 0 Å². The second-order valence-corrected chi connectivity index (χ2v) is 17.6. The molecule has 0 atom stereocenters. The number of nitrogens with zero attached hydrogens (tertiary/aromatic N) is 6. The van der Waals surface area contributed by atoms with Crippen LogP contribution in [0, 0.1) is 23.7 Å². The number of rotatable bonds is 6. The van der Waals surface area contributed by atoms with Crippen molar-refractivity contribution in [3.8, 4) is 33.6 Å². The summed E-state index contributed by atoms with van der Waals surface area (Å²) in [5.74, 6) is 4.23. The fourth-order valence-corrected chi connectivity index (χ4v) is 12.2. The van der Waals surface area contributed by atoms with Crippen LogP contribution >= 0.6 is 0 Å². The topological polar surface area (TPSA) is 61.4 Å². The van der Waals surface area contributed by atoms with Crippen molar-refractivity contribution in [1.82, 2.24) is 29.1 Å². The summed E-state index contributed by atoms with van der Waals surface area (Å²) >= 11 is 0. The molecule has 10 aromatic rings. The van der Waals surface area contributed by atoms with Gasteiger partial charge < -0.3 is 9.13 Å². The zero-order valence-electron chi connectivity index (χ0n) is 33.2. The highest BCUT2D eigenvalue weighted by Crippen LogP contribution is 2.64. The number of para-hydroxylation sites is 4. The highest BCUT2D eigenvalue weighted by molar-refractivity contribution is 6.11. The zero-order chi connectivity index (χ0) is 39.4. The van der Waals surface area contributed by atoms with E-state index in [-0.39, 0.29) is 0 Å². The van der Waals surface area contributed by atoms with E-state index in [0.717, 1.165) is 57.1 Å². The quantitative estimate of drug-likeness (QED) is 0.169. The van der Waals surface area contributed by atoms with E-state index in [2.05, 4.69) is 180 Å². The normalized spacial score (nSPS) is 20.5. The van der Waals surface area contributed by atoms with E-state index < -0.39 is 5.41 Å². The molecule has 0 radical (unpaired) electrons. The largest absolute Gasteiger partial charge is 0.309 e. The first-order valence-corrected chi connectivity index (χ1v) is 21.5. The molecule has 4 aliphatic carbocycles. The summed E-state index contributed by atoms with van der Waals surface area (Å²) in [6.07, 6.45) is 14.4. The van der Waals surface area contributed by atoms with Gasteiger partial charge in [0.1, 0.15) is 11.6 Å². The molecule has 4 heterocycles. The molecule has 6 heteroatoms. The Bertz CT molecular complexity index is 3020. The summed E-state index contributed by atoms with van der Waals surface area (Å²) in [6, 6.07) is 52.2. The van der Waals surface area contributed by atoms with Crippen molar-refractivity contribution >= 4 is 43.6 Å². The lowest BCUT2D eigenvalue weighted by molar-refractivity contribution is -0.0491. The Morgan fingerprint density at radius 1 is 0.367 bits per heavy atom. The summed E-state index contributed by atoms with van der Waals surface area (Å²) in [5.41, 5.74) is 11.0. The molecule has 6 nitrogen and oxygen atoms in total. The summed E-state index contributed by atoms with van der Waals surface area (Å²) < 4.78 is 4.72. The Morgan fingerprint density at radius 2 is 0.750 bits per heavy atom. The van der Waals surface area contributed by atoms with Gasteiger partial charge >= 0.3 is 0 Å². The van der Waals surface area contributed by atoms with Crippen molar-refractivity contribution in [2.45, 2.75) is 37.5 Å². The molecule has 0 saturated heterocycles. The lowest BCUT2D eigenvalue weighted by Crippen LogP contribution is -2.57. The zero-order valence-corrected chi connectivity index (χ0v) is 33.2. The molecule has 288 valence electrons. The molecule has 4 aliphatic rings. The average molecular weight is 775 g/mol. The maximum absolute atomic E-state index is 5.32. The monoisotopic (exact) mass is 774 g/mol. The van der Waals surface area contributed by atoms with E-state index in [1.54, 1.807) is 0 Å². The lowest BCUT2D eigenvalue weighted by Gasteiger charge is -2.59. The minimum atomic E-state index is -0.398. The van der Waals surface area contributed by atoms with Crippen LogP contribution in [0.15, 0.2) is 170 Å². The molecule has 6 aromatic carbocycles. The molecule has 14 rings (SSSR count). The molecule has 4 saturated carbocycles. The van der Waals surface area contributed by atoms with Crippen LogP contribution in [0.25, 0.3) is 77.2 Å². The van der Waals surface area contributed by atoms with Crippen molar-refractivity contribution in [3.63, 3.8) is 0 Å². The van der Waals surface area contributed by atoms with E-state index in [1.807, 2.05) is 0 Å². The van der Waals surface area contributed by atoms with Crippen LogP contribution in [0.1, 0.15) is 43.8 Å². The fraction of sp³-hybridized carbons (Fsp3) is 0.185. The summed E-state index contributed by atoms with van der Waals surface area (Å²) in [6.45, 7) is 0. The Labute approximate surface area is 348 Å². The highest BCUT2D eigenvalue weighted by Gasteiger charge is 2.61. The van der Waals surface area contributed by atoms with Crippen LogP contribution in [0.5, 0.6) is 0 Å². The van der Waals surface area contributed by atoms with Gasteiger partial charge in [0, 0.05) is 68.8 Å². The SMILES string of the molecule is c1ccc(-n2c3ccccc3c3cc(-c4cnc(C5(c6ncc(-c7ccc8c(c7)c7ccccc7n8-c7ccccc7)cn6)C6CC7CC(C6)CC5C7)nc4)ccc32)cc1. The predicted molar refractivity (Wildman–Crippen MR) is 241 cm³/mol. The first-order valence-electron chi connectivity index (χ1n) is 21.5. The van der Waals surface area contributed by atoms with Crippen LogP contribution in [0.4, 0.5) is 0 Å². The van der Waals surface area contributed by atoms with Crippen molar-refractivity contribution in [3.05, 3.63) is 182 Å². The molecule has 4 bridgehead atoms. The molecule has 0 unspecified atom stereocenters. The van der Waals surface area contributed by atoms with Gasteiger partial charge in [-0.2, -0.15) is 0 Å². The summed E-state index contributed by atoms with van der Waals surface area (Å²) in [5, 5.41) is 4.93. The van der Waals surface area contributed by atoms with Crippen LogP contribution in [-0.2, 0) is 5.41 Å². The molecule has 0 amide bonds. The van der Waals surface area contributed by atoms with Gasteiger partial charge in [-0.1, -0.05) is 84.9 Å². The molecule has 60 heavy (non-hydrogen) atoms. The van der Waals surface area contributed by atoms with Gasteiger partial charge in [-0.25, -0.2) is 19.9 Å². The third-order valence-corrected chi connectivity index (χ3v) is 14.5. The van der Waals surface area contributed by atoms with E-state index >= 15 is 0 Å². The molecular formula is C54H42N6. The minimum Gasteiger partial charge on any atom is -0.309 e. The number of hydrogen-bond acceptors (Lipinski definition) is 4. The molecule has 0 N–H and O–H groups in total.